The Morgan fingerprint density at radius 1 is 1.17 bits per heavy atom. The first-order chi connectivity index (χ1) is 8.60. The normalized spacial score (nSPS) is 12.7. The molecule has 1 unspecified atom stereocenters. The lowest BCUT2D eigenvalue weighted by atomic mass is 10.0. The number of nitrogens with two attached hydrogens (primary N) is 1. The second-order valence-corrected chi connectivity index (χ2v) is 8.11. The number of hydrazine groups is 1. The highest BCUT2D eigenvalue weighted by molar-refractivity contribution is 9.11. The first kappa shape index (κ1) is 14.7. The number of nitrogens with one attached hydrogen (secondary N) is 1. The summed E-state index contributed by atoms with van der Waals surface area (Å²) in [5, 5.41) is 0. The Bertz CT molecular complexity index is 542. The minimum absolute atomic E-state index is 0.0856. The number of hydrogen-bond acceptors (Lipinski definition) is 3. The summed E-state index contributed by atoms with van der Waals surface area (Å²) < 4.78 is 3.25. The first-order valence-corrected chi connectivity index (χ1v) is 8.45. The van der Waals surface area contributed by atoms with E-state index in [2.05, 4.69) is 71.4 Å². The summed E-state index contributed by atoms with van der Waals surface area (Å²) in [4.78, 5) is 1.29. The molecule has 0 aliphatic carbocycles. The fourth-order valence-corrected chi connectivity index (χ4v) is 4.13. The van der Waals surface area contributed by atoms with Crippen molar-refractivity contribution in [1.29, 1.82) is 0 Å². The van der Waals surface area contributed by atoms with Crippen molar-refractivity contribution < 1.29 is 0 Å². The highest BCUT2D eigenvalue weighted by Crippen LogP contribution is 2.31. The molecule has 0 saturated carbocycles. The third-order valence-electron chi connectivity index (χ3n) is 2.57. The van der Waals surface area contributed by atoms with Gasteiger partial charge in [0, 0.05) is 20.2 Å². The lowest BCUT2D eigenvalue weighted by Crippen LogP contribution is -2.29. The Labute approximate surface area is 135 Å². The van der Waals surface area contributed by atoms with Gasteiger partial charge < -0.3 is 0 Å². The Morgan fingerprint density at radius 2 is 1.94 bits per heavy atom. The van der Waals surface area contributed by atoms with Crippen molar-refractivity contribution in [2.75, 3.05) is 0 Å². The van der Waals surface area contributed by atoms with Crippen molar-refractivity contribution in [3.8, 4) is 0 Å². The zero-order valence-corrected chi connectivity index (χ0v) is 14.9. The van der Waals surface area contributed by atoms with Crippen molar-refractivity contribution >= 4 is 59.1 Å². The molecule has 0 fully saturated rings. The molecule has 0 amide bonds. The van der Waals surface area contributed by atoms with Crippen molar-refractivity contribution in [2.45, 2.75) is 12.5 Å². The number of thiophene rings is 1. The summed E-state index contributed by atoms with van der Waals surface area (Å²) in [6.07, 6.45) is 0.863. The predicted molar refractivity (Wildman–Crippen MR) is 87.6 cm³/mol. The van der Waals surface area contributed by atoms with Gasteiger partial charge >= 0.3 is 0 Å². The number of benzene rings is 1. The molecule has 0 aliphatic heterocycles. The molecule has 0 bridgehead atoms. The fraction of sp³-hybridized carbons (Fsp3) is 0.167. The van der Waals surface area contributed by atoms with Crippen LogP contribution in [0.3, 0.4) is 0 Å². The summed E-state index contributed by atoms with van der Waals surface area (Å²) in [5.41, 5.74) is 4.03. The van der Waals surface area contributed by atoms with Gasteiger partial charge in [-0.25, -0.2) is 0 Å². The van der Waals surface area contributed by atoms with Crippen LogP contribution in [0.4, 0.5) is 0 Å². The Kier molecular flexibility index (Phi) is 5.41. The van der Waals surface area contributed by atoms with E-state index in [1.807, 2.05) is 12.1 Å². The number of halogens is 3. The van der Waals surface area contributed by atoms with E-state index in [9.17, 15) is 0 Å². The maximum atomic E-state index is 5.69. The molecule has 0 radical (unpaired) electrons. The lowest BCUT2D eigenvalue weighted by molar-refractivity contribution is 0.553. The van der Waals surface area contributed by atoms with E-state index in [1.165, 1.54) is 4.88 Å². The Morgan fingerprint density at radius 3 is 2.56 bits per heavy atom. The molecule has 1 atom stereocenters. The van der Waals surface area contributed by atoms with E-state index in [-0.39, 0.29) is 6.04 Å². The molecule has 3 N–H and O–H groups in total. The number of rotatable bonds is 4. The van der Waals surface area contributed by atoms with Crippen molar-refractivity contribution in [3.63, 3.8) is 0 Å². The summed E-state index contributed by atoms with van der Waals surface area (Å²) in [6.45, 7) is 0. The van der Waals surface area contributed by atoms with Gasteiger partial charge in [-0.15, -0.1) is 11.3 Å². The van der Waals surface area contributed by atoms with Crippen molar-refractivity contribution in [2.24, 2.45) is 5.84 Å². The van der Waals surface area contributed by atoms with Crippen LogP contribution < -0.4 is 11.3 Å². The summed E-state index contributed by atoms with van der Waals surface area (Å²) >= 11 is 12.3. The third-order valence-corrected chi connectivity index (χ3v) is 5.43. The molecule has 0 aliphatic rings. The number of hydrogen-bond donors (Lipinski definition) is 2. The molecular weight excluding hydrogens is 444 g/mol. The quantitative estimate of drug-likeness (QED) is 0.515. The zero-order chi connectivity index (χ0) is 13.1. The van der Waals surface area contributed by atoms with Gasteiger partial charge in [0.2, 0.25) is 0 Å². The zero-order valence-electron chi connectivity index (χ0n) is 9.29. The molecule has 2 rings (SSSR count). The van der Waals surface area contributed by atoms with E-state index in [4.69, 9.17) is 5.84 Å². The highest BCUT2D eigenvalue weighted by atomic mass is 79.9. The minimum atomic E-state index is 0.0856. The Hall–Kier alpha value is 0.280. The van der Waals surface area contributed by atoms with Crippen molar-refractivity contribution in [3.05, 3.63) is 53.5 Å². The van der Waals surface area contributed by atoms with Crippen LogP contribution in [0.15, 0.2) is 43.1 Å². The summed E-state index contributed by atoms with van der Waals surface area (Å²) in [7, 11) is 0. The van der Waals surface area contributed by atoms with E-state index in [0.29, 0.717) is 0 Å². The van der Waals surface area contributed by atoms with Gasteiger partial charge in [-0.3, -0.25) is 11.3 Å². The second kappa shape index (κ2) is 6.63. The standard InChI is InChI=1S/C12H11Br3N2S/c13-7-1-3-10(14)9(5-7)11(17-16)6-8-2-4-12(15)18-8/h1-5,11,17H,6,16H2. The van der Waals surface area contributed by atoms with E-state index < -0.39 is 0 Å². The third kappa shape index (κ3) is 3.65. The molecule has 0 spiro atoms. The van der Waals surface area contributed by atoms with Crippen LogP contribution in [0, 0.1) is 0 Å². The van der Waals surface area contributed by atoms with Gasteiger partial charge in [-0.1, -0.05) is 31.9 Å². The monoisotopic (exact) mass is 452 g/mol. The van der Waals surface area contributed by atoms with Crippen LogP contribution >= 0.6 is 59.1 Å². The molecule has 1 heterocycles. The maximum Gasteiger partial charge on any atom is 0.0701 e. The van der Waals surface area contributed by atoms with E-state index in [1.54, 1.807) is 11.3 Å². The summed E-state index contributed by atoms with van der Waals surface area (Å²) in [6, 6.07) is 10.4. The second-order valence-electron chi connectivity index (χ2n) is 3.80. The van der Waals surface area contributed by atoms with Gasteiger partial charge in [0.15, 0.2) is 0 Å². The highest BCUT2D eigenvalue weighted by Gasteiger charge is 2.15. The van der Waals surface area contributed by atoms with Gasteiger partial charge in [-0.05, 0) is 51.8 Å². The molecular formula is C12H11Br3N2S. The molecule has 96 valence electrons. The van der Waals surface area contributed by atoms with Crippen LogP contribution in [0.5, 0.6) is 0 Å². The molecule has 1 aromatic carbocycles. The predicted octanol–water partition coefficient (Wildman–Crippen LogP) is 4.78. The van der Waals surface area contributed by atoms with Crippen LogP contribution in [-0.2, 0) is 6.42 Å². The van der Waals surface area contributed by atoms with Gasteiger partial charge in [0.1, 0.15) is 0 Å². The fourth-order valence-electron chi connectivity index (χ4n) is 1.70. The van der Waals surface area contributed by atoms with E-state index in [0.717, 1.165) is 24.7 Å². The topological polar surface area (TPSA) is 38.0 Å². The van der Waals surface area contributed by atoms with Crippen molar-refractivity contribution in [1.82, 2.24) is 5.43 Å². The van der Waals surface area contributed by atoms with Gasteiger partial charge in [0.25, 0.3) is 0 Å². The Balaban J connectivity index is 2.25. The minimum Gasteiger partial charge on any atom is -0.271 e. The van der Waals surface area contributed by atoms with Crippen LogP contribution in [0.2, 0.25) is 0 Å². The molecule has 18 heavy (non-hydrogen) atoms. The van der Waals surface area contributed by atoms with Crippen LogP contribution in [0.25, 0.3) is 0 Å². The maximum absolute atomic E-state index is 5.69. The first-order valence-electron chi connectivity index (χ1n) is 5.25. The van der Waals surface area contributed by atoms with E-state index >= 15 is 0 Å². The molecule has 0 saturated heterocycles. The lowest BCUT2D eigenvalue weighted by Gasteiger charge is -2.17. The average molecular weight is 455 g/mol. The van der Waals surface area contributed by atoms with Crippen LogP contribution in [0.1, 0.15) is 16.5 Å². The smallest absolute Gasteiger partial charge is 0.0701 e. The van der Waals surface area contributed by atoms with Gasteiger partial charge in [-0.2, -0.15) is 0 Å². The summed E-state index contributed by atoms with van der Waals surface area (Å²) in [5.74, 6) is 5.69. The molecule has 2 aromatic rings. The molecule has 6 heteroatoms. The van der Waals surface area contributed by atoms with Crippen LogP contribution in [-0.4, -0.2) is 0 Å². The largest absolute Gasteiger partial charge is 0.271 e. The molecule has 2 nitrogen and oxygen atoms in total. The van der Waals surface area contributed by atoms with Gasteiger partial charge in [0.05, 0.1) is 9.83 Å². The average Bonchev–Trinajstić information content (AvgIpc) is 2.75. The molecule has 1 aromatic heterocycles. The SMILES string of the molecule is NNC(Cc1ccc(Br)s1)c1cc(Br)ccc1Br.